The van der Waals surface area contributed by atoms with E-state index in [4.69, 9.17) is 56.8 Å². The van der Waals surface area contributed by atoms with Gasteiger partial charge in [-0.25, -0.2) is 28.8 Å². The standard InChI is InChI=1S/C67H94N6O18/c1-65(2)34-47(50(40-68)53(37-65)71-16-10-11-17-71)56(59(74)86-31-28-83-25-22-80-7)62(77)89-43-46(44-90-63(78)57(60(75)87-32-29-84-26-23-81-8)48-35-66(3,4)38-54(51(48)41-69)72-18-12-13-19-72)45-91-64(79)58(61(76)88-33-30-85-27-24-82-9)49-36-67(5,6)39-55(52(49)42-70)73-20-14-15-21-73/h46H,10-39,43-45H2,1-9H3/b56-47+,57-48+,58-49+. The highest BCUT2D eigenvalue weighted by Crippen LogP contribution is 2.48. The molecule has 24 nitrogen and oxygen atoms in total. The van der Waals surface area contributed by atoms with Crippen LogP contribution in [-0.4, -0.2) is 210 Å². The van der Waals surface area contributed by atoms with Gasteiger partial charge < -0.3 is 71.5 Å². The summed E-state index contributed by atoms with van der Waals surface area (Å²) in [5, 5.41) is 32.7. The number of rotatable bonds is 33. The van der Waals surface area contributed by atoms with E-state index in [-0.39, 0.29) is 132 Å². The molecule has 0 aromatic heterocycles. The number of carbonyl (C=O) groups is 6. The smallest absolute Gasteiger partial charge is 0.345 e. The highest BCUT2D eigenvalue weighted by atomic mass is 16.6. The molecule has 0 aromatic rings. The maximum atomic E-state index is 15.0. The lowest BCUT2D eigenvalue weighted by atomic mass is 9.72. The number of esters is 6. The van der Waals surface area contributed by atoms with Gasteiger partial charge in [0.1, 0.15) is 74.6 Å². The first-order valence-corrected chi connectivity index (χ1v) is 31.7. The monoisotopic (exact) mass is 1270 g/mol. The lowest BCUT2D eigenvalue weighted by Crippen LogP contribution is -2.34. The van der Waals surface area contributed by atoms with E-state index in [9.17, 15) is 30.2 Å². The van der Waals surface area contributed by atoms with Crippen LogP contribution in [0.3, 0.4) is 0 Å². The molecule has 3 heterocycles. The number of carbonyl (C=O) groups excluding carboxylic acids is 6. The molecule has 500 valence electrons. The number of nitriles is 3. The number of hydrogen-bond donors (Lipinski definition) is 0. The fourth-order valence-corrected chi connectivity index (χ4v) is 12.3. The molecule has 0 amide bonds. The second kappa shape index (κ2) is 35.6. The zero-order chi connectivity index (χ0) is 66.1. The molecule has 0 spiro atoms. The Balaban J connectivity index is 1.44. The van der Waals surface area contributed by atoms with Gasteiger partial charge in [0, 0.05) is 77.7 Å². The van der Waals surface area contributed by atoms with Crippen LogP contribution in [0.4, 0.5) is 0 Å². The molecule has 24 heteroatoms. The molecule has 0 saturated carbocycles. The van der Waals surface area contributed by atoms with Gasteiger partial charge in [-0.3, -0.25) is 0 Å². The van der Waals surface area contributed by atoms with Crippen molar-refractivity contribution in [3.8, 4) is 18.2 Å². The third-order valence-corrected chi connectivity index (χ3v) is 16.6. The van der Waals surface area contributed by atoms with Crippen molar-refractivity contribution in [2.75, 3.05) is 160 Å². The van der Waals surface area contributed by atoms with Crippen LogP contribution in [0.15, 0.2) is 67.2 Å². The van der Waals surface area contributed by atoms with Crippen molar-refractivity contribution in [3.63, 3.8) is 0 Å². The summed E-state index contributed by atoms with van der Waals surface area (Å²) in [6, 6.07) is 6.85. The Morgan fingerprint density at radius 3 is 0.824 bits per heavy atom. The summed E-state index contributed by atoms with van der Waals surface area (Å²) in [5.74, 6) is -8.25. The molecule has 3 fully saturated rings. The van der Waals surface area contributed by atoms with E-state index in [2.05, 4.69) is 32.9 Å². The van der Waals surface area contributed by atoms with Gasteiger partial charge in [0.05, 0.1) is 82.1 Å². The summed E-state index contributed by atoms with van der Waals surface area (Å²) in [6.45, 7) is 14.0. The summed E-state index contributed by atoms with van der Waals surface area (Å²) >= 11 is 0. The van der Waals surface area contributed by atoms with Crippen LogP contribution in [0.2, 0.25) is 0 Å². The molecule has 0 atom stereocenters. The van der Waals surface area contributed by atoms with Crippen LogP contribution in [0, 0.1) is 56.2 Å². The molecule has 0 radical (unpaired) electrons. The van der Waals surface area contributed by atoms with Crippen molar-refractivity contribution in [1.29, 1.82) is 15.8 Å². The van der Waals surface area contributed by atoms with Gasteiger partial charge in [-0.15, -0.1) is 0 Å². The maximum Gasteiger partial charge on any atom is 0.345 e. The lowest BCUT2D eigenvalue weighted by molar-refractivity contribution is -0.152. The second-order valence-electron chi connectivity index (χ2n) is 25.9. The fraction of sp³-hybridized carbons (Fsp3) is 0.687. The van der Waals surface area contributed by atoms with E-state index in [0.717, 1.165) is 38.5 Å². The average Bonchev–Trinajstić information content (AvgIpc) is 1.58. The summed E-state index contributed by atoms with van der Waals surface area (Å²) < 4.78 is 67.0. The largest absolute Gasteiger partial charge is 0.461 e. The quantitative estimate of drug-likeness (QED) is 0.0162. The molecule has 91 heavy (non-hydrogen) atoms. The molecule has 0 N–H and O–H groups in total. The maximum absolute atomic E-state index is 15.0. The van der Waals surface area contributed by atoms with Crippen molar-refractivity contribution in [2.24, 2.45) is 22.2 Å². The molecule has 0 aromatic carbocycles. The molecule has 6 rings (SSSR count). The van der Waals surface area contributed by atoms with Crippen molar-refractivity contribution in [3.05, 3.63) is 67.2 Å². The topological polar surface area (TPSA) is 294 Å². The zero-order valence-corrected chi connectivity index (χ0v) is 54.9. The predicted octanol–water partition coefficient (Wildman–Crippen LogP) is 6.82. The minimum Gasteiger partial charge on any atom is -0.461 e. The molecule has 3 aliphatic carbocycles. The predicted molar refractivity (Wildman–Crippen MR) is 328 cm³/mol. The van der Waals surface area contributed by atoms with Gasteiger partial charge in [0.25, 0.3) is 0 Å². The number of nitrogens with zero attached hydrogens (tertiary/aromatic N) is 6. The van der Waals surface area contributed by atoms with Crippen molar-refractivity contribution >= 4 is 35.8 Å². The first-order chi connectivity index (χ1) is 43.6. The van der Waals surface area contributed by atoms with Crippen LogP contribution in [0.25, 0.3) is 0 Å². The summed E-state index contributed by atoms with van der Waals surface area (Å²) in [5.41, 5.74) is -0.563. The Bertz CT molecular complexity index is 2620. The highest BCUT2D eigenvalue weighted by molar-refractivity contribution is 6.17. The first kappa shape index (κ1) is 72.9. The Morgan fingerprint density at radius 1 is 0.363 bits per heavy atom. The minimum atomic E-state index is -1.34. The van der Waals surface area contributed by atoms with E-state index in [1.165, 1.54) is 21.3 Å². The Kier molecular flexibility index (Phi) is 28.6. The second-order valence-corrected chi connectivity index (χ2v) is 25.9. The zero-order valence-electron chi connectivity index (χ0n) is 54.9. The molecule has 0 bridgehead atoms. The van der Waals surface area contributed by atoms with E-state index < -0.39 is 94.5 Å². The van der Waals surface area contributed by atoms with Crippen molar-refractivity contribution in [1.82, 2.24) is 14.7 Å². The normalized spacial score (nSPS) is 20.4. The number of methoxy groups -OCH3 is 3. The Labute approximate surface area is 535 Å². The number of hydrogen-bond acceptors (Lipinski definition) is 24. The molecular formula is C67H94N6O18. The van der Waals surface area contributed by atoms with Crippen molar-refractivity contribution < 1.29 is 85.6 Å². The van der Waals surface area contributed by atoms with Crippen LogP contribution in [-0.2, 0) is 85.6 Å². The van der Waals surface area contributed by atoms with Crippen molar-refractivity contribution in [2.45, 2.75) is 119 Å². The van der Waals surface area contributed by atoms with Gasteiger partial charge in [0.2, 0.25) is 0 Å². The summed E-state index contributed by atoms with van der Waals surface area (Å²) in [4.78, 5) is 94.8. The molecule has 0 unspecified atom stereocenters. The fourth-order valence-electron chi connectivity index (χ4n) is 12.3. The Hall–Kier alpha value is -7.11. The number of ether oxygens (including phenoxy) is 12. The van der Waals surface area contributed by atoms with Crippen LogP contribution in [0.5, 0.6) is 0 Å². The third kappa shape index (κ3) is 21.0. The van der Waals surface area contributed by atoms with Crippen LogP contribution < -0.4 is 0 Å². The number of likely N-dealkylation sites (tertiary alicyclic amines) is 3. The molecule has 6 aliphatic rings. The summed E-state index contributed by atoms with van der Waals surface area (Å²) in [6.07, 6.45) is 7.04. The van der Waals surface area contributed by atoms with Gasteiger partial charge in [-0.05, 0) is 110 Å². The minimum absolute atomic E-state index is 0.0514. The van der Waals surface area contributed by atoms with E-state index in [0.29, 0.717) is 75.6 Å². The van der Waals surface area contributed by atoms with E-state index in [1.807, 2.05) is 41.5 Å². The third-order valence-electron chi connectivity index (χ3n) is 16.6. The Morgan fingerprint density at radius 2 is 0.593 bits per heavy atom. The highest BCUT2D eigenvalue weighted by Gasteiger charge is 2.43. The van der Waals surface area contributed by atoms with Crippen LogP contribution >= 0.6 is 0 Å². The number of allylic oxidation sites excluding steroid dienone is 9. The van der Waals surface area contributed by atoms with Gasteiger partial charge in [0.15, 0.2) is 0 Å². The van der Waals surface area contributed by atoms with Crippen LogP contribution in [0.1, 0.15) is 119 Å². The van der Waals surface area contributed by atoms with Gasteiger partial charge in [-0.2, -0.15) is 15.8 Å². The summed E-state index contributed by atoms with van der Waals surface area (Å²) in [7, 11) is 4.53. The SMILES string of the molecule is COCCOCCOC(=O)/C(C(=O)OCC(COC(=O)/C(C(=O)OCCOCCOC)=C1\CC(C)(C)CC(N2CCCC2)=C1C#N)COC(=O)/C(C(=O)OCCOCCOC)=C1\CC(C)(C)CC(N2CCCC2)=C1C#N)=C1/CC(C)(C)CC(N2CCCC2)=C1C#N. The molecule has 3 saturated heterocycles. The van der Waals surface area contributed by atoms with Gasteiger partial charge >= 0.3 is 35.8 Å². The lowest BCUT2D eigenvalue weighted by Gasteiger charge is -2.37. The molecular weight excluding hydrogens is 1180 g/mol. The van der Waals surface area contributed by atoms with E-state index >= 15 is 14.4 Å². The first-order valence-electron chi connectivity index (χ1n) is 31.7. The van der Waals surface area contributed by atoms with Gasteiger partial charge in [-0.1, -0.05) is 41.5 Å². The molecule has 3 aliphatic heterocycles. The average molecular weight is 1270 g/mol. The van der Waals surface area contributed by atoms with E-state index in [1.54, 1.807) is 0 Å².